The molecule has 72 valence electrons. The van der Waals surface area contributed by atoms with Crippen LogP contribution in [0.15, 0.2) is 15.3 Å². The largest absolute Gasteiger partial charge is 0.455 e. The van der Waals surface area contributed by atoms with E-state index in [1.165, 1.54) is 29.9 Å². The lowest BCUT2D eigenvalue weighted by Crippen LogP contribution is -2.09. The third-order valence-corrected chi connectivity index (χ3v) is 4.10. The van der Waals surface area contributed by atoms with Gasteiger partial charge in [0.25, 0.3) is 0 Å². The summed E-state index contributed by atoms with van der Waals surface area (Å²) in [7, 11) is 0. The van der Waals surface area contributed by atoms with E-state index in [-0.39, 0.29) is 0 Å². The van der Waals surface area contributed by atoms with Gasteiger partial charge in [-0.25, -0.2) is 0 Å². The number of rotatable bonds is 1. The van der Waals surface area contributed by atoms with Gasteiger partial charge in [0.05, 0.1) is 5.69 Å². The first-order valence-corrected chi connectivity index (χ1v) is 6.34. The summed E-state index contributed by atoms with van der Waals surface area (Å²) in [5.74, 6) is 3.07. The van der Waals surface area contributed by atoms with Gasteiger partial charge < -0.3 is 10.2 Å². The number of halogens is 1. The minimum absolute atomic E-state index is 0.592. The van der Waals surface area contributed by atoms with E-state index in [0.29, 0.717) is 5.92 Å². The fourth-order valence-electron chi connectivity index (χ4n) is 1.74. The van der Waals surface area contributed by atoms with Gasteiger partial charge in [-0.15, -0.1) is 0 Å². The molecule has 0 bridgehead atoms. The lowest BCUT2D eigenvalue weighted by atomic mass is 9.95. The molecule has 1 aromatic rings. The van der Waals surface area contributed by atoms with Crippen molar-refractivity contribution in [2.75, 3.05) is 17.2 Å². The molecule has 1 saturated heterocycles. The number of furan rings is 1. The van der Waals surface area contributed by atoms with Gasteiger partial charge in [-0.2, -0.15) is 11.8 Å². The maximum absolute atomic E-state index is 5.84. The molecular formula is C9H12BrNOS. The third-order valence-electron chi connectivity index (χ3n) is 2.44. The maximum atomic E-state index is 5.84. The highest BCUT2D eigenvalue weighted by Crippen LogP contribution is 2.39. The molecule has 2 heterocycles. The van der Waals surface area contributed by atoms with Crippen LogP contribution in [-0.2, 0) is 0 Å². The highest BCUT2D eigenvalue weighted by atomic mass is 79.9. The minimum Gasteiger partial charge on any atom is -0.455 e. The second kappa shape index (κ2) is 3.96. The quantitative estimate of drug-likeness (QED) is 0.844. The van der Waals surface area contributed by atoms with E-state index in [0.717, 1.165) is 10.4 Å². The molecule has 0 radical (unpaired) electrons. The molecule has 0 amide bonds. The Morgan fingerprint density at radius 3 is 2.69 bits per heavy atom. The van der Waals surface area contributed by atoms with Crippen molar-refractivity contribution in [1.29, 1.82) is 0 Å². The van der Waals surface area contributed by atoms with Crippen molar-refractivity contribution in [3.63, 3.8) is 0 Å². The highest BCUT2D eigenvalue weighted by Gasteiger charge is 2.22. The monoisotopic (exact) mass is 261 g/mol. The first-order chi connectivity index (χ1) is 6.29. The fraction of sp³-hybridized carbons (Fsp3) is 0.556. The lowest BCUT2D eigenvalue weighted by Gasteiger charge is -2.20. The van der Waals surface area contributed by atoms with Crippen LogP contribution in [0.3, 0.4) is 0 Å². The van der Waals surface area contributed by atoms with E-state index in [1.54, 1.807) is 6.26 Å². The second-order valence-electron chi connectivity index (χ2n) is 3.27. The summed E-state index contributed by atoms with van der Waals surface area (Å²) in [5.41, 5.74) is 7.82. The van der Waals surface area contributed by atoms with Gasteiger partial charge >= 0.3 is 0 Å². The molecule has 1 fully saturated rings. The molecule has 0 aromatic carbocycles. The number of hydrogen-bond donors (Lipinski definition) is 1. The zero-order valence-electron chi connectivity index (χ0n) is 7.25. The first kappa shape index (κ1) is 9.46. The van der Waals surface area contributed by atoms with Crippen LogP contribution >= 0.6 is 27.7 Å². The van der Waals surface area contributed by atoms with E-state index >= 15 is 0 Å². The van der Waals surface area contributed by atoms with Crippen molar-refractivity contribution in [3.8, 4) is 0 Å². The molecule has 13 heavy (non-hydrogen) atoms. The summed E-state index contributed by atoms with van der Waals surface area (Å²) in [6.07, 6.45) is 4.06. The van der Waals surface area contributed by atoms with Crippen molar-refractivity contribution < 1.29 is 4.42 Å². The maximum Gasteiger partial charge on any atom is 0.174 e. The zero-order chi connectivity index (χ0) is 9.26. The Morgan fingerprint density at radius 1 is 1.46 bits per heavy atom. The van der Waals surface area contributed by atoms with Crippen molar-refractivity contribution in [1.82, 2.24) is 0 Å². The van der Waals surface area contributed by atoms with E-state index in [2.05, 4.69) is 15.9 Å². The standard InChI is InChI=1S/C9H12BrNOS/c10-9-8(7(11)5-12-9)6-1-3-13-4-2-6/h5-6H,1-4,11H2. The van der Waals surface area contributed by atoms with Crippen molar-refractivity contribution in [2.24, 2.45) is 0 Å². The van der Waals surface area contributed by atoms with Crippen LogP contribution in [0.1, 0.15) is 24.3 Å². The fourth-order valence-corrected chi connectivity index (χ4v) is 3.49. The summed E-state index contributed by atoms with van der Waals surface area (Å²) in [6, 6.07) is 0. The number of anilines is 1. The minimum atomic E-state index is 0.592. The van der Waals surface area contributed by atoms with Gasteiger partial charge in [0.15, 0.2) is 4.67 Å². The molecule has 0 saturated carbocycles. The highest BCUT2D eigenvalue weighted by molar-refractivity contribution is 9.10. The normalized spacial score (nSPS) is 19.2. The molecule has 0 atom stereocenters. The van der Waals surface area contributed by atoms with Crippen molar-refractivity contribution in [2.45, 2.75) is 18.8 Å². The molecule has 1 aliphatic rings. The van der Waals surface area contributed by atoms with Crippen molar-refractivity contribution in [3.05, 3.63) is 16.5 Å². The molecule has 2 N–H and O–H groups in total. The zero-order valence-corrected chi connectivity index (χ0v) is 9.66. The van der Waals surface area contributed by atoms with Crippen LogP contribution in [-0.4, -0.2) is 11.5 Å². The Bertz CT molecular complexity index is 274. The van der Waals surface area contributed by atoms with Gasteiger partial charge in [-0.1, -0.05) is 0 Å². The topological polar surface area (TPSA) is 39.2 Å². The molecular weight excluding hydrogens is 250 g/mol. The molecule has 0 unspecified atom stereocenters. The van der Waals surface area contributed by atoms with Crippen LogP contribution in [0, 0.1) is 0 Å². The molecule has 2 rings (SSSR count). The summed E-state index contributed by atoms with van der Waals surface area (Å²) in [6.45, 7) is 0. The van der Waals surface area contributed by atoms with Gasteiger partial charge in [-0.3, -0.25) is 0 Å². The molecule has 4 heteroatoms. The van der Waals surface area contributed by atoms with Gasteiger partial charge in [0.2, 0.25) is 0 Å². The Kier molecular flexibility index (Phi) is 2.89. The Morgan fingerprint density at radius 2 is 2.15 bits per heavy atom. The molecule has 0 aliphatic carbocycles. The predicted molar refractivity (Wildman–Crippen MR) is 60.1 cm³/mol. The van der Waals surface area contributed by atoms with E-state index in [1.807, 2.05) is 11.8 Å². The Hall–Kier alpha value is -0.0900. The Labute approximate surface area is 90.4 Å². The summed E-state index contributed by atoms with van der Waals surface area (Å²) >= 11 is 5.42. The third kappa shape index (κ3) is 1.89. The molecule has 1 aliphatic heterocycles. The number of nitrogens with two attached hydrogens (primary N) is 1. The molecule has 0 spiro atoms. The average molecular weight is 262 g/mol. The molecule has 2 nitrogen and oxygen atoms in total. The SMILES string of the molecule is Nc1coc(Br)c1C1CCSCC1. The van der Waals surface area contributed by atoms with Gasteiger partial charge in [-0.05, 0) is 46.2 Å². The van der Waals surface area contributed by atoms with Gasteiger partial charge in [0, 0.05) is 5.56 Å². The number of thioether (sulfide) groups is 1. The summed E-state index contributed by atoms with van der Waals surface area (Å²) in [5, 5.41) is 0. The summed E-state index contributed by atoms with van der Waals surface area (Å²) < 4.78 is 6.05. The van der Waals surface area contributed by atoms with Crippen LogP contribution in [0.2, 0.25) is 0 Å². The average Bonchev–Trinajstić information content (AvgIpc) is 2.48. The summed E-state index contributed by atoms with van der Waals surface area (Å²) in [4.78, 5) is 0. The van der Waals surface area contributed by atoms with E-state index in [9.17, 15) is 0 Å². The van der Waals surface area contributed by atoms with Crippen LogP contribution in [0.4, 0.5) is 5.69 Å². The lowest BCUT2D eigenvalue weighted by molar-refractivity contribution is 0.525. The first-order valence-electron chi connectivity index (χ1n) is 4.39. The van der Waals surface area contributed by atoms with Crippen LogP contribution in [0.25, 0.3) is 0 Å². The molecule has 1 aromatic heterocycles. The van der Waals surface area contributed by atoms with E-state index in [4.69, 9.17) is 10.2 Å². The number of hydrogen-bond acceptors (Lipinski definition) is 3. The van der Waals surface area contributed by atoms with Gasteiger partial charge in [0.1, 0.15) is 6.26 Å². The number of nitrogen functional groups attached to an aromatic ring is 1. The van der Waals surface area contributed by atoms with E-state index < -0.39 is 0 Å². The smallest absolute Gasteiger partial charge is 0.174 e. The predicted octanol–water partition coefficient (Wildman–Crippen LogP) is 3.23. The second-order valence-corrected chi connectivity index (χ2v) is 5.21. The van der Waals surface area contributed by atoms with Crippen LogP contribution in [0.5, 0.6) is 0 Å². The Balaban J connectivity index is 2.22. The van der Waals surface area contributed by atoms with Crippen LogP contribution < -0.4 is 5.73 Å². The van der Waals surface area contributed by atoms with Crippen molar-refractivity contribution >= 4 is 33.4 Å².